The fraction of sp³-hybridized carbons (Fsp3) is 0.240. The summed E-state index contributed by atoms with van der Waals surface area (Å²) in [5.41, 5.74) is 5.62. The van der Waals surface area contributed by atoms with Gasteiger partial charge in [-0.25, -0.2) is 9.97 Å². The molecule has 1 aliphatic rings. The number of allylic oxidation sites excluding steroid dienone is 4. The highest BCUT2D eigenvalue weighted by Crippen LogP contribution is 2.24. The molecule has 4 rings (SSSR count). The predicted molar refractivity (Wildman–Crippen MR) is 124 cm³/mol. The zero-order valence-corrected chi connectivity index (χ0v) is 18.4. The number of H-pyrrole nitrogens is 1. The van der Waals surface area contributed by atoms with E-state index >= 15 is 0 Å². The van der Waals surface area contributed by atoms with Crippen LogP contribution < -0.4 is 10.1 Å². The molecule has 1 amide bonds. The summed E-state index contributed by atoms with van der Waals surface area (Å²) in [6.07, 6.45) is 9.30. The number of pyridine rings is 1. The van der Waals surface area contributed by atoms with Crippen molar-refractivity contribution in [2.75, 3.05) is 20.8 Å². The van der Waals surface area contributed by atoms with Gasteiger partial charge in [0.1, 0.15) is 11.6 Å². The van der Waals surface area contributed by atoms with Gasteiger partial charge in [-0.2, -0.15) is 0 Å². The fourth-order valence-electron chi connectivity index (χ4n) is 3.65. The second-order valence-corrected chi connectivity index (χ2v) is 7.54. The van der Waals surface area contributed by atoms with E-state index in [1.807, 2.05) is 42.5 Å². The van der Waals surface area contributed by atoms with E-state index in [1.54, 1.807) is 26.5 Å². The number of aromatic amines is 1. The quantitative estimate of drug-likeness (QED) is 0.574. The molecule has 2 N–H and O–H groups in total. The molecule has 3 aromatic rings. The third-order valence-corrected chi connectivity index (χ3v) is 5.35. The van der Waals surface area contributed by atoms with Crippen molar-refractivity contribution in [3.8, 4) is 17.1 Å². The lowest BCUT2D eigenvalue weighted by Crippen LogP contribution is -2.22. The number of fused-ring (bicyclic) bond motifs is 1. The van der Waals surface area contributed by atoms with E-state index in [0.29, 0.717) is 29.2 Å². The second kappa shape index (κ2) is 9.62. The minimum absolute atomic E-state index is 0.219. The number of hydrogen-bond acceptors (Lipinski definition) is 5. The summed E-state index contributed by atoms with van der Waals surface area (Å²) >= 11 is 0. The summed E-state index contributed by atoms with van der Waals surface area (Å²) in [6, 6.07) is 9.25. The maximum Gasteiger partial charge on any atom is 0.257 e. The molecule has 2 heterocycles. The zero-order valence-electron chi connectivity index (χ0n) is 18.4. The van der Waals surface area contributed by atoms with Crippen molar-refractivity contribution in [2.24, 2.45) is 0 Å². The Bertz CT molecular complexity index is 1220. The first-order valence-electron chi connectivity index (χ1n) is 10.5. The SMILES string of the molecule is CCC1=CC(NC(=O)c2ccnc3nc(-c4ccc(OC)cc4)[nH]c23)=CC=C(COC)C1. The molecular formula is C25H26N4O3. The fourth-order valence-corrected chi connectivity index (χ4v) is 3.65. The Morgan fingerprint density at radius 2 is 1.94 bits per heavy atom. The number of rotatable bonds is 7. The molecule has 0 spiro atoms. The summed E-state index contributed by atoms with van der Waals surface area (Å²) in [5.74, 6) is 1.19. The van der Waals surface area contributed by atoms with E-state index in [0.717, 1.165) is 29.9 Å². The molecule has 0 aliphatic heterocycles. The Kier molecular flexibility index (Phi) is 6.47. The van der Waals surface area contributed by atoms with E-state index in [9.17, 15) is 4.79 Å². The molecule has 0 saturated carbocycles. The average molecular weight is 431 g/mol. The van der Waals surface area contributed by atoms with Crippen LogP contribution in [-0.4, -0.2) is 41.7 Å². The maximum atomic E-state index is 13.2. The maximum absolute atomic E-state index is 13.2. The molecule has 32 heavy (non-hydrogen) atoms. The van der Waals surface area contributed by atoms with Crippen molar-refractivity contribution in [2.45, 2.75) is 19.8 Å². The van der Waals surface area contributed by atoms with Gasteiger partial charge in [0, 0.05) is 24.6 Å². The molecule has 7 nitrogen and oxygen atoms in total. The smallest absolute Gasteiger partial charge is 0.257 e. The molecule has 1 aliphatic carbocycles. The summed E-state index contributed by atoms with van der Waals surface area (Å²) in [6.45, 7) is 2.68. The standard InChI is InChI=1S/C25H26N4O3/c1-4-16-13-17(15-31-2)5-8-19(14-16)27-25(30)21-11-12-26-24-22(21)28-23(29-24)18-6-9-20(32-3)10-7-18/h5-12,14H,4,13,15H2,1-3H3,(H,27,30)(H,26,28,29). The lowest BCUT2D eigenvalue weighted by molar-refractivity contribution is 0.0968. The van der Waals surface area contributed by atoms with Gasteiger partial charge in [0.2, 0.25) is 0 Å². The number of methoxy groups -OCH3 is 2. The van der Waals surface area contributed by atoms with Crippen molar-refractivity contribution in [1.82, 2.24) is 20.3 Å². The Hall–Kier alpha value is -3.71. The van der Waals surface area contributed by atoms with E-state index in [1.165, 1.54) is 11.1 Å². The number of nitrogens with one attached hydrogen (secondary N) is 2. The van der Waals surface area contributed by atoms with Crippen LogP contribution in [0.15, 0.2) is 71.6 Å². The van der Waals surface area contributed by atoms with Gasteiger partial charge in [0.05, 0.1) is 24.8 Å². The molecule has 164 valence electrons. The largest absolute Gasteiger partial charge is 0.497 e. The number of aromatic nitrogens is 3. The predicted octanol–water partition coefficient (Wildman–Crippen LogP) is 4.56. The number of amides is 1. The molecule has 2 aromatic heterocycles. The first-order valence-corrected chi connectivity index (χ1v) is 10.5. The number of hydrogen-bond donors (Lipinski definition) is 2. The Balaban J connectivity index is 1.63. The van der Waals surface area contributed by atoms with E-state index in [-0.39, 0.29) is 5.91 Å². The highest BCUT2D eigenvalue weighted by Gasteiger charge is 2.16. The van der Waals surface area contributed by atoms with Crippen molar-refractivity contribution in [3.05, 3.63) is 77.2 Å². The van der Waals surface area contributed by atoms with Gasteiger partial charge in [-0.15, -0.1) is 0 Å². The normalized spacial score (nSPS) is 13.8. The first-order chi connectivity index (χ1) is 15.6. The molecular weight excluding hydrogens is 404 g/mol. The van der Waals surface area contributed by atoms with Crippen LogP contribution in [0.2, 0.25) is 0 Å². The van der Waals surface area contributed by atoms with Crippen LogP contribution in [-0.2, 0) is 4.74 Å². The number of imidazole rings is 1. The minimum atomic E-state index is -0.219. The van der Waals surface area contributed by atoms with Crippen molar-refractivity contribution in [1.29, 1.82) is 0 Å². The van der Waals surface area contributed by atoms with E-state index in [4.69, 9.17) is 9.47 Å². The average Bonchev–Trinajstić information content (AvgIpc) is 3.16. The van der Waals surface area contributed by atoms with Gasteiger partial charge in [0.25, 0.3) is 5.91 Å². The van der Waals surface area contributed by atoms with Crippen molar-refractivity contribution in [3.63, 3.8) is 0 Å². The summed E-state index contributed by atoms with van der Waals surface area (Å²) in [4.78, 5) is 25.3. The number of benzene rings is 1. The number of carbonyl (C=O) groups is 1. The highest BCUT2D eigenvalue weighted by molar-refractivity contribution is 6.05. The molecule has 0 unspecified atom stereocenters. The van der Waals surface area contributed by atoms with Gasteiger partial charge in [-0.05, 0) is 60.9 Å². The number of carbonyl (C=O) groups excluding carboxylic acids is 1. The second-order valence-electron chi connectivity index (χ2n) is 7.54. The Labute approximate surface area is 186 Å². The third kappa shape index (κ3) is 4.63. The van der Waals surface area contributed by atoms with Crippen molar-refractivity contribution >= 4 is 17.1 Å². The van der Waals surface area contributed by atoms with Crippen molar-refractivity contribution < 1.29 is 14.3 Å². The van der Waals surface area contributed by atoms with Gasteiger partial charge in [-0.1, -0.05) is 18.6 Å². The molecule has 7 heteroatoms. The number of ether oxygens (including phenoxy) is 2. The molecule has 0 bridgehead atoms. The molecule has 1 aromatic carbocycles. The lowest BCUT2D eigenvalue weighted by Gasteiger charge is -2.08. The first kappa shape index (κ1) is 21.5. The monoisotopic (exact) mass is 430 g/mol. The molecule has 0 atom stereocenters. The summed E-state index contributed by atoms with van der Waals surface area (Å²) in [7, 11) is 3.31. The van der Waals surface area contributed by atoms with Gasteiger partial charge < -0.3 is 19.8 Å². The molecule has 0 radical (unpaired) electrons. The minimum Gasteiger partial charge on any atom is -0.497 e. The van der Waals surface area contributed by atoms with Crippen LogP contribution in [0.4, 0.5) is 0 Å². The van der Waals surface area contributed by atoms with E-state index in [2.05, 4.69) is 27.2 Å². The van der Waals surface area contributed by atoms with Gasteiger partial charge in [0.15, 0.2) is 5.65 Å². The van der Waals surface area contributed by atoms with E-state index < -0.39 is 0 Å². The topological polar surface area (TPSA) is 89.1 Å². The Morgan fingerprint density at radius 3 is 2.66 bits per heavy atom. The zero-order chi connectivity index (χ0) is 22.5. The van der Waals surface area contributed by atoms with Crippen LogP contribution in [0, 0.1) is 0 Å². The summed E-state index contributed by atoms with van der Waals surface area (Å²) in [5, 5.41) is 3.03. The highest BCUT2D eigenvalue weighted by atomic mass is 16.5. The van der Waals surface area contributed by atoms with Crippen LogP contribution in [0.5, 0.6) is 5.75 Å². The lowest BCUT2D eigenvalue weighted by atomic mass is 10.0. The molecule has 0 fully saturated rings. The number of nitrogens with zero attached hydrogens (tertiary/aromatic N) is 2. The van der Waals surface area contributed by atoms with Crippen LogP contribution in [0.3, 0.4) is 0 Å². The van der Waals surface area contributed by atoms with Gasteiger partial charge >= 0.3 is 0 Å². The Morgan fingerprint density at radius 1 is 1.12 bits per heavy atom. The van der Waals surface area contributed by atoms with Crippen LogP contribution in [0.1, 0.15) is 30.1 Å². The van der Waals surface area contributed by atoms with Crippen LogP contribution in [0.25, 0.3) is 22.6 Å². The van der Waals surface area contributed by atoms with Crippen LogP contribution >= 0.6 is 0 Å². The summed E-state index contributed by atoms with van der Waals surface area (Å²) < 4.78 is 10.5. The third-order valence-electron chi connectivity index (χ3n) is 5.35. The van der Waals surface area contributed by atoms with Gasteiger partial charge in [-0.3, -0.25) is 4.79 Å². The molecule has 0 saturated heterocycles.